The third-order valence-electron chi connectivity index (χ3n) is 1.86. The minimum atomic E-state index is -4.44. The molecular weight excluding hydrogens is 195 g/mol. The van der Waals surface area contributed by atoms with Gasteiger partial charge in [-0.1, -0.05) is 0 Å². The van der Waals surface area contributed by atoms with Crippen LogP contribution in [0.2, 0.25) is 0 Å². The Morgan fingerprint density at radius 2 is 2.07 bits per heavy atom. The fourth-order valence-electron chi connectivity index (χ4n) is 1.06. The second-order valence-electron chi connectivity index (χ2n) is 3.17. The molecule has 0 aromatic carbocycles. The highest BCUT2D eigenvalue weighted by atomic mass is 19.4. The number of rotatable bonds is 2. The van der Waals surface area contributed by atoms with Crippen molar-refractivity contribution in [1.29, 1.82) is 0 Å². The molecule has 1 aromatic rings. The van der Waals surface area contributed by atoms with Crippen LogP contribution in [0, 0.1) is 0 Å². The maximum atomic E-state index is 12.4. The molecule has 0 radical (unpaired) electrons. The second kappa shape index (κ2) is 3.15. The molecule has 0 unspecified atom stereocenters. The molecule has 0 bridgehead atoms. The van der Waals surface area contributed by atoms with E-state index in [4.69, 9.17) is 4.74 Å². The van der Waals surface area contributed by atoms with Gasteiger partial charge in [-0.15, -0.1) is 0 Å². The average Bonchev–Trinajstić information content (AvgIpc) is 2.87. The van der Waals surface area contributed by atoms with Crippen molar-refractivity contribution in [2.24, 2.45) is 0 Å². The number of alkyl halides is 3. The molecule has 0 aliphatic heterocycles. The first-order valence-electron chi connectivity index (χ1n) is 4.26. The van der Waals surface area contributed by atoms with Crippen LogP contribution in [0.15, 0.2) is 18.3 Å². The zero-order chi connectivity index (χ0) is 10.2. The van der Waals surface area contributed by atoms with Crippen molar-refractivity contribution in [3.05, 3.63) is 24.0 Å². The highest BCUT2D eigenvalue weighted by Gasteiger charge is 2.37. The molecule has 2 rings (SSSR count). The largest absolute Gasteiger partial charge is 0.488 e. The fourth-order valence-corrected chi connectivity index (χ4v) is 1.06. The Hall–Kier alpha value is -1.26. The van der Waals surface area contributed by atoms with Crippen molar-refractivity contribution in [2.45, 2.75) is 25.1 Å². The molecular formula is C9H8F3NO. The van der Waals surface area contributed by atoms with Crippen molar-refractivity contribution in [1.82, 2.24) is 4.98 Å². The minimum absolute atomic E-state index is 0.0553. The van der Waals surface area contributed by atoms with E-state index in [0.717, 1.165) is 19.0 Å². The van der Waals surface area contributed by atoms with Gasteiger partial charge in [-0.2, -0.15) is 13.2 Å². The summed E-state index contributed by atoms with van der Waals surface area (Å²) < 4.78 is 42.2. The van der Waals surface area contributed by atoms with Gasteiger partial charge in [0.05, 0.1) is 6.10 Å². The summed E-state index contributed by atoms with van der Waals surface area (Å²) in [5.74, 6) is -0.164. The number of hydrogen-bond donors (Lipinski definition) is 0. The lowest BCUT2D eigenvalue weighted by Gasteiger charge is -2.11. The van der Waals surface area contributed by atoms with Gasteiger partial charge < -0.3 is 4.74 Å². The Morgan fingerprint density at radius 3 is 2.64 bits per heavy atom. The summed E-state index contributed by atoms with van der Waals surface area (Å²) in [5, 5.41) is 0. The van der Waals surface area contributed by atoms with Crippen molar-refractivity contribution in [3.63, 3.8) is 0 Å². The third-order valence-corrected chi connectivity index (χ3v) is 1.86. The summed E-state index contributed by atoms with van der Waals surface area (Å²) in [6.45, 7) is 0. The molecule has 1 aliphatic carbocycles. The number of pyridine rings is 1. The van der Waals surface area contributed by atoms with Crippen LogP contribution >= 0.6 is 0 Å². The summed E-state index contributed by atoms with van der Waals surface area (Å²) in [4.78, 5) is 3.28. The Morgan fingerprint density at radius 1 is 1.36 bits per heavy atom. The average molecular weight is 203 g/mol. The highest BCUT2D eigenvalue weighted by Crippen LogP contribution is 2.36. The lowest BCUT2D eigenvalue weighted by molar-refractivity contribution is -0.142. The summed E-state index contributed by atoms with van der Waals surface area (Å²) in [6, 6.07) is 2.74. The first kappa shape index (κ1) is 9.30. The normalized spacial score (nSPS) is 16.8. The first-order chi connectivity index (χ1) is 6.57. The van der Waals surface area contributed by atoms with Crippen LogP contribution in [0.25, 0.3) is 0 Å². The maximum Gasteiger partial charge on any atom is 0.437 e. The first-order valence-corrected chi connectivity index (χ1v) is 4.26. The van der Waals surface area contributed by atoms with Crippen molar-refractivity contribution in [2.75, 3.05) is 0 Å². The van der Waals surface area contributed by atoms with E-state index in [9.17, 15) is 13.2 Å². The van der Waals surface area contributed by atoms with Gasteiger partial charge in [0, 0.05) is 6.20 Å². The van der Waals surface area contributed by atoms with E-state index in [1.165, 1.54) is 12.1 Å². The van der Waals surface area contributed by atoms with Crippen LogP contribution < -0.4 is 4.74 Å². The quantitative estimate of drug-likeness (QED) is 0.737. The molecule has 2 nitrogen and oxygen atoms in total. The number of halogens is 3. The van der Waals surface area contributed by atoms with Gasteiger partial charge in [-0.05, 0) is 25.0 Å². The van der Waals surface area contributed by atoms with Crippen LogP contribution in [-0.4, -0.2) is 11.1 Å². The molecule has 1 aliphatic rings. The Balaban J connectivity index is 2.27. The third kappa shape index (κ3) is 1.97. The Kier molecular flexibility index (Phi) is 2.09. The summed E-state index contributed by atoms with van der Waals surface area (Å²) >= 11 is 0. The Labute approximate surface area is 78.7 Å². The fraction of sp³-hybridized carbons (Fsp3) is 0.444. The van der Waals surface area contributed by atoms with Crippen LogP contribution in [0.1, 0.15) is 18.5 Å². The highest BCUT2D eigenvalue weighted by molar-refractivity contribution is 5.29. The molecule has 1 aromatic heterocycles. The van der Waals surface area contributed by atoms with E-state index in [2.05, 4.69) is 4.98 Å². The van der Waals surface area contributed by atoms with E-state index in [1.807, 2.05) is 0 Å². The van der Waals surface area contributed by atoms with E-state index >= 15 is 0 Å². The van der Waals surface area contributed by atoms with Gasteiger partial charge in [0.2, 0.25) is 0 Å². The SMILES string of the molecule is FC(F)(F)c1ncccc1OC1CC1. The summed E-state index contributed by atoms with van der Waals surface area (Å²) in [7, 11) is 0. The van der Waals surface area contributed by atoms with Gasteiger partial charge in [-0.25, -0.2) is 4.98 Å². The zero-order valence-corrected chi connectivity index (χ0v) is 7.21. The lowest BCUT2D eigenvalue weighted by atomic mass is 10.3. The van der Waals surface area contributed by atoms with E-state index in [-0.39, 0.29) is 11.9 Å². The predicted octanol–water partition coefficient (Wildman–Crippen LogP) is 2.64. The van der Waals surface area contributed by atoms with Gasteiger partial charge in [0.15, 0.2) is 11.4 Å². The van der Waals surface area contributed by atoms with E-state index < -0.39 is 11.9 Å². The molecule has 0 atom stereocenters. The smallest absolute Gasteiger partial charge is 0.437 e. The van der Waals surface area contributed by atoms with Crippen LogP contribution in [-0.2, 0) is 6.18 Å². The molecule has 0 N–H and O–H groups in total. The van der Waals surface area contributed by atoms with Crippen LogP contribution in [0.3, 0.4) is 0 Å². The number of nitrogens with zero attached hydrogens (tertiary/aromatic N) is 1. The minimum Gasteiger partial charge on any atom is -0.488 e. The van der Waals surface area contributed by atoms with Crippen LogP contribution in [0.4, 0.5) is 13.2 Å². The van der Waals surface area contributed by atoms with Crippen LogP contribution in [0.5, 0.6) is 5.75 Å². The van der Waals surface area contributed by atoms with Crippen molar-refractivity contribution in [3.8, 4) is 5.75 Å². The Bertz CT molecular complexity index is 333. The maximum absolute atomic E-state index is 12.4. The summed E-state index contributed by atoms with van der Waals surface area (Å²) in [5.41, 5.74) is -0.938. The molecule has 0 saturated heterocycles. The summed E-state index contributed by atoms with van der Waals surface area (Å²) in [6.07, 6.45) is -1.73. The van der Waals surface area contributed by atoms with Gasteiger partial charge >= 0.3 is 6.18 Å². The van der Waals surface area contributed by atoms with E-state index in [1.54, 1.807) is 0 Å². The van der Waals surface area contributed by atoms with Gasteiger partial charge in [-0.3, -0.25) is 0 Å². The zero-order valence-electron chi connectivity index (χ0n) is 7.21. The number of hydrogen-bond acceptors (Lipinski definition) is 2. The monoisotopic (exact) mass is 203 g/mol. The topological polar surface area (TPSA) is 22.1 Å². The lowest BCUT2D eigenvalue weighted by Crippen LogP contribution is -2.11. The molecule has 0 spiro atoms. The van der Waals surface area contributed by atoms with E-state index in [0.29, 0.717) is 0 Å². The molecule has 14 heavy (non-hydrogen) atoms. The molecule has 1 heterocycles. The van der Waals surface area contributed by atoms with Crippen molar-refractivity contribution < 1.29 is 17.9 Å². The standard InChI is InChI=1S/C9H8F3NO/c10-9(11,12)8-7(2-1-5-13-8)14-6-3-4-6/h1-2,5-6H,3-4H2. The molecule has 1 saturated carbocycles. The van der Waals surface area contributed by atoms with Crippen molar-refractivity contribution >= 4 is 0 Å². The predicted molar refractivity (Wildman–Crippen MR) is 42.9 cm³/mol. The molecule has 1 fully saturated rings. The molecule has 0 amide bonds. The molecule has 76 valence electrons. The molecule has 5 heteroatoms. The van der Waals surface area contributed by atoms with Gasteiger partial charge in [0.25, 0.3) is 0 Å². The number of ether oxygens (including phenoxy) is 1. The second-order valence-corrected chi connectivity index (χ2v) is 3.17. The van der Waals surface area contributed by atoms with Gasteiger partial charge in [0.1, 0.15) is 0 Å². The number of aromatic nitrogens is 1.